The maximum atomic E-state index is 11.7. The van der Waals surface area contributed by atoms with Gasteiger partial charge in [-0.15, -0.1) is 0 Å². The Kier molecular flexibility index (Phi) is 3.79. The summed E-state index contributed by atoms with van der Waals surface area (Å²) in [7, 11) is 0. The quantitative estimate of drug-likeness (QED) is 0.732. The van der Waals surface area contributed by atoms with Crippen LogP contribution in [0.2, 0.25) is 0 Å². The van der Waals surface area contributed by atoms with Crippen LogP contribution in [0.15, 0.2) is 24.3 Å². The van der Waals surface area contributed by atoms with Crippen molar-refractivity contribution >= 4 is 12.2 Å². The number of halogens is 1. The third-order valence-electron chi connectivity index (χ3n) is 1.69. The fraction of sp³-hybridized carbons (Fsp3) is 0.200. The van der Waals surface area contributed by atoms with Crippen LogP contribution in [0.3, 0.4) is 0 Å². The highest BCUT2D eigenvalue weighted by Gasteiger charge is 2.03. The van der Waals surface area contributed by atoms with E-state index >= 15 is 0 Å². The number of carbonyl (C=O) groups is 2. The second-order valence-corrected chi connectivity index (χ2v) is 2.68. The maximum absolute atomic E-state index is 11.7. The second-order valence-electron chi connectivity index (χ2n) is 2.68. The normalized spacial score (nSPS) is 9.50. The van der Waals surface area contributed by atoms with E-state index in [9.17, 15) is 14.0 Å². The number of rotatable bonds is 4. The van der Waals surface area contributed by atoms with Gasteiger partial charge in [-0.3, -0.25) is 9.59 Å². The second kappa shape index (κ2) is 5.11. The molecule has 0 aliphatic carbocycles. The molecule has 0 saturated carbocycles. The Balaban J connectivity index is 2.66. The Bertz CT molecular complexity index is 321. The van der Waals surface area contributed by atoms with Crippen molar-refractivity contribution in [2.75, 3.05) is 13.2 Å². The minimum absolute atomic E-state index is 0.00820. The number of alkyl halides is 1. The van der Waals surface area contributed by atoms with E-state index in [4.69, 9.17) is 0 Å². The smallest absolute Gasteiger partial charge is 0.251 e. The SMILES string of the molecule is O=Cc1ccc(C(=O)NCC[18F])cc1. The molecule has 14 heavy (non-hydrogen) atoms. The van der Waals surface area contributed by atoms with E-state index in [1.54, 1.807) is 0 Å². The molecule has 0 aromatic heterocycles. The number of aldehydes is 1. The molecule has 0 unspecified atom stereocenters. The van der Waals surface area contributed by atoms with E-state index in [0.29, 0.717) is 17.4 Å². The van der Waals surface area contributed by atoms with Crippen LogP contribution in [-0.2, 0) is 0 Å². The summed E-state index contributed by atoms with van der Waals surface area (Å²) >= 11 is 0. The molecule has 3 nitrogen and oxygen atoms in total. The Hall–Kier alpha value is -1.71. The Morgan fingerprint density at radius 1 is 1.36 bits per heavy atom. The van der Waals surface area contributed by atoms with Gasteiger partial charge in [0.2, 0.25) is 0 Å². The number of nitrogens with one attached hydrogen (secondary N) is 1. The highest BCUT2D eigenvalue weighted by molar-refractivity contribution is 5.94. The predicted molar refractivity (Wildman–Crippen MR) is 50.1 cm³/mol. The van der Waals surface area contributed by atoms with Gasteiger partial charge in [0, 0.05) is 17.7 Å². The van der Waals surface area contributed by atoms with Crippen molar-refractivity contribution in [2.24, 2.45) is 0 Å². The van der Waals surface area contributed by atoms with Gasteiger partial charge < -0.3 is 5.32 Å². The molecule has 0 heterocycles. The predicted octanol–water partition coefficient (Wildman–Crippen LogP) is 1.20. The molecule has 1 N–H and O–H groups in total. The van der Waals surface area contributed by atoms with Crippen molar-refractivity contribution < 1.29 is 14.0 Å². The lowest BCUT2D eigenvalue weighted by molar-refractivity contribution is 0.0950. The van der Waals surface area contributed by atoms with Crippen molar-refractivity contribution in [2.45, 2.75) is 0 Å². The van der Waals surface area contributed by atoms with Gasteiger partial charge >= 0.3 is 0 Å². The van der Waals surface area contributed by atoms with Crippen LogP contribution < -0.4 is 5.32 Å². The van der Waals surface area contributed by atoms with E-state index in [0.717, 1.165) is 0 Å². The number of amides is 1. The minimum atomic E-state index is -0.585. The molecule has 0 bridgehead atoms. The summed E-state index contributed by atoms with van der Waals surface area (Å²) in [5.41, 5.74) is 0.927. The van der Waals surface area contributed by atoms with Gasteiger partial charge in [-0.2, -0.15) is 0 Å². The van der Waals surface area contributed by atoms with Crippen molar-refractivity contribution in [1.82, 2.24) is 5.32 Å². The van der Waals surface area contributed by atoms with Crippen molar-refractivity contribution in [1.29, 1.82) is 0 Å². The molecule has 0 aliphatic rings. The van der Waals surface area contributed by atoms with E-state index in [1.165, 1.54) is 24.3 Å². The van der Waals surface area contributed by atoms with Gasteiger partial charge in [0.1, 0.15) is 13.0 Å². The summed E-state index contributed by atoms with van der Waals surface area (Å²) in [4.78, 5) is 21.5. The first-order chi connectivity index (χ1) is 6.77. The molecule has 74 valence electrons. The topological polar surface area (TPSA) is 46.2 Å². The van der Waals surface area contributed by atoms with Gasteiger partial charge in [0.05, 0.1) is 0 Å². The zero-order chi connectivity index (χ0) is 10.4. The van der Waals surface area contributed by atoms with Gasteiger partial charge in [0.25, 0.3) is 5.91 Å². The summed E-state index contributed by atoms with van der Waals surface area (Å²) in [6, 6.07) is 6.13. The number of benzene rings is 1. The molecule has 0 radical (unpaired) electrons. The van der Waals surface area contributed by atoms with Crippen LogP contribution in [0.4, 0.5) is 4.39 Å². The molecule has 1 aromatic carbocycles. The van der Waals surface area contributed by atoms with Gasteiger partial charge in [-0.1, -0.05) is 12.1 Å². The van der Waals surface area contributed by atoms with Crippen LogP contribution in [0.25, 0.3) is 0 Å². The van der Waals surface area contributed by atoms with E-state index < -0.39 is 6.67 Å². The first-order valence-electron chi connectivity index (χ1n) is 4.17. The summed E-state index contributed by atoms with van der Waals surface area (Å²) in [5.74, 6) is -0.333. The Morgan fingerprint density at radius 3 is 2.50 bits per heavy atom. The average molecular weight is 194 g/mol. The van der Waals surface area contributed by atoms with Crippen LogP contribution in [0.5, 0.6) is 0 Å². The first-order valence-corrected chi connectivity index (χ1v) is 4.17. The molecule has 4 heteroatoms. The highest BCUT2D eigenvalue weighted by Crippen LogP contribution is 2.01. The van der Waals surface area contributed by atoms with Crippen molar-refractivity contribution in [3.63, 3.8) is 0 Å². The minimum Gasteiger partial charge on any atom is -0.349 e. The summed E-state index contributed by atoms with van der Waals surface area (Å²) in [6.45, 7) is -0.577. The number of hydrogen-bond donors (Lipinski definition) is 1. The van der Waals surface area contributed by atoms with Gasteiger partial charge in [-0.05, 0) is 12.1 Å². The molecule has 1 aromatic rings. The largest absolute Gasteiger partial charge is 0.349 e. The Morgan fingerprint density at radius 2 is 2.00 bits per heavy atom. The summed E-state index contributed by atoms with van der Waals surface area (Å²) < 4.78 is 11.7. The molecular formula is C10H10FNO2. The van der Waals surface area contributed by atoms with E-state index in [1.807, 2.05) is 0 Å². The van der Waals surface area contributed by atoms with E-state index in [2.05, 4.69) is 5.32 Å². The summed E-state index contributed by atoms with van der Waals surface area (Å²) in [6.07, 6.45) is 0.698. The zero-order valence-electron chi connectivity index (χ0n) is 7.50. The molecule has 1 rings (SSSR count). The lowest BCUT2D eigenvalue weighted by Gasteiger charge is -2.01. The molecular weight excluding hydrogens is 184 g/mol. The van der Waals surface area contributed by atoms with Crippen LogP contribution >= 0.6 is 0 Å². The van der Waals surface area contributed by atoms with Crippen LogP contribution in [0, 0.1) is 0 Å². The van der Waals surface area contributed by atoms with Gasteiger partial charge in [0.15, 0.2) is 0 Å². The first kappa shape index (κ1) is 10.4. The molecule has 1 amide bonds. The van der Waals surface area contributed by atoms with Gasteiger partial charge in [-0.25, -0.2) is 4.39 Å². The molecule has 0 spiro atoms. The van der Waals surface area contributed by atoms with E-state index in [-0.39, 0.29) is 12.5 Å². The molecule has 0 aliphatic heterocycles. The fourth-order valence-electron chi connectivity index (χ4n) is 0.976. The monoisotopic (exact) mass is 194 g/mol. The molecule has 0 atom stereocenters. The third kappa shape index (κ3) is 2.65. The highest BCUT2D eigenvalue weighted by atomic mass is 18.2. The fourth-order valence-corrected chi connectivity index (χ4v) is 0.976. The number of hydrogen-bond acceptors (Lipinski definition) is 2. The van der Waals surface area contributed by atoms with Crippen LogP contribution in [0.1, 0.15) is 20.7 Å². The molecule has 0 fully saturated rings. The average Bonchev–Trinajstić information content (AvgIpc) is 2.26. The zero-order valence-corrected chi connectivity index (χ0v) is 7.50. The molecule has 0 saturated heterocycles. The number of carbonyl (C=O) groups excluding carboxylic acids is 2. The third-order valence-corrected chi connectivity index (χ3v) is 1.69. The lowest BCUT2D eigenvalue weighted by Crippen LogP contribution is -2.25. The maximum Gasteiger partial charge on any atom is 0.251 e. The van der Waals surface area contributed by atoms with Crippen LogP contribution in [-0.4, -0.2) is 25.4 Å². The standard InChI is InChI=1S/C10H10FNO2/c11-5-6-12-10(14)9-3-1-8(7-13)2-4-9/h1-4,7H,5-6H2,(H,12,14)/i11-1. The van der Waals surface area contributed by atoms with Crippen molar-refractivity contribution in [3.8, 4) is 0 Å². The Labute approximate surface area is 80.9 Å². The lowest BCUT2D eigenvalue weighted by atomic mass is 10.1. The summed E-state index contributed by atoms with van der Waals surface area (Å²) in [5, 5.41) is 2.38. The van der Waals surface area contributed by atoms with Crippen molar-refractivity contribution in [3.05, 3.63) is 35.4 Å².